The topological polar surface area (TPSA) is 74.1 Å². The molecule has 0 fully saturated rings. The summed E-state index contributed by atoms with van der Waals surface area (Å²) in [7, 11) is 1.34. The van der Waals surface area contributed by atoms with Gasteiger partial charge in [-0.3, -0.25) is 9.78 Å². The molecule has 0 amide bonds. The Morgan fingerprint density at radius 3 is 2.46 bits per heavy atom. The molecule has 0 aliphatic carbocycles. The molecule has 0 radical (unpaired) electrons. The first-order chi connectivity index (χ1) is 13.7. The van der Waals surface area contributed by atoms with Crippen LogP contribution in [0.4, 0.5) is 0 Å². The van der Waals surface area contributed by atoms with Gasteiger partial charge in [0.25, 0.3) is 5.56 Å². The summed E-state index contributed by atoms with van der Waals surface area (Å²) in [6.07, 6.45) is 1.60. The average molecular weight is 371 g/mol. The van der Waals surface area contributed by atoms with Crippen LogP contribution >= 0.6 is 0 Å². The minimum Gasteiger partial charge on any atom is -0.465 e. The maximum Gasteiger partial charge on any atom is 0.337 e. The number of carbonyl (C=O) groups is 1. The summed E-state index contributed by atoms with van der Waals surface area (Å²) in [5.74, 6) is -0.403. The third-order valence-electron chi connectivity index (χ3n) is 4.48. The number of methoxy groups -OCH3 is 1. The number of aromatic nitrogens is 3. The Hall–Kier alpha value is -3.80. The molecule has 0 spiro atoms. The number of hydrogen-bond acceptors (Lipinski definition) is 5. The molecule has 0 bridgehead atoms. The lowest BCUT2D eigenvalue weighted by Crippen LogP contribution is -2.25. The van der Waals surface area contributed by atoms with Gasteiger partial charge in [-0.25, -0.2) is 9.48 Å². The molecule has 6 nitrogen and oxygen atoms in total. The predicted molar refractivity (Wildman–Crippen MR) is 106 cm³/mol. The number of nitrogens with zero attached hydrogens (tertiary/aromatic N) is 3. The van der Waals surface area contributed by atoms with Crippen LogP contribution in [-0.2, 0) is 11.3 Å². The van der Waals surface area contributed by atoms with E-state index in [-0.39, 0.29) is 5.56 Å². The maximum atomic E-state index is 12.9. The number of carbonyl (C=O) groups excluding carboxylic acids is 1. The number of esters is 1. The molecule has 0 saturated heterocycles. The number of benzene rings is 2. The molecular weight excluding hydrogens is 354 g/mol. The van der Waals surface area contributed by atoms with Gasteiger partial charge in [0.15, 0.2) is 0 Å². The highest BCUT2D eigenvalue weighted by molar-refractivity contribution is 5.93. The van der Waals surface area contributed by atoms with Crippen molar-refractivity contribution in [1.82, 2.24) is 14.8 Å². The van der Waals surface area contributed by atoms with Crippen LogP contribution in [-0.4, -0.2) is 27.8 Å². The third kappa shape index (κ3) is 3.27. The highest BCUT2D eigenvalue weighted by Gasteiger charge is 2.14. The van der Waals surface area contributed by atoms with Gasteiger partial charge in [-0.1, -0.05) is 42.5 Å². The fourth-order valence-corrected chi connectivity index (χ4v) is 3.07. The van der Waals surface area contributed by atoms with Crippen molar-refractivity contribution in [3.8, 4) is 11.3 Å². The summed E-state index contributed by atoms with van der Waals surface area (Å²) in [5, 5.41) is 5.28. The number of ether oxygens (including phenoxy) is 1. The number of pyridine rings is 1. The monoisotopic (exact) mass is 371 g/mol. The molecular formula is C22H17N3O3. The zero-order valence-corrected chi connectivity index (χ0v) is 15.2. The Balaban J connectivity index is 1.86. The van der Waals surface area contributed by atoms with E-state index in [1.54, 1.807) is 36.5 Å². The van der Waals surface area contributed by atoms with Gasteiger partial charge in [-0.05, 0) is 29.8 Å². The smallest absolute Gasteiger partial charge is 0.337 e. The van der Waals surface area contributed by atoms with Gasteiger partial charge in [-0.2, -0.15) is 5.10 Å². The van der Waals surface area contributed by atoms with Crippen molar-refractivity contribution in [2.24, 2.45) is 0 Å². The fourth-order valence-electron chi connectivity index (χ4n) is 3.07. The SMILES string of the molecule is COC(=O)c1ccc(-c2nn(Cc3ccccc3)c(=O)c3ncccc23)cc1. The zero-order valence-electron chi connectivity index (χ0n) is 15.2. The lowest BCUT2D eigenvalue weighted by molar-refractivity contribution is 0.0601. The quantitative estimate of drug-likeness (QED) is 0.515. The molecule has 0 atom stereocenters. The Bertz CT molecular complexity index is 1200. The Labute approximate surface area is 161 Å². The van der Waals surface area contributed by atoms with Crippen LogP contribution < -0.4 is 5.56 Å². The van der Waals surface area contributed by atoms with E-state index in [9.17, 15) is 9.59 Å². The molecule has 2 heterocycles. The maximum absolute atomic E-state index is 12.9. The van der Waals surface area contributed by atoms with Gasteiger partial charge < -0.3 is 4.74 Å². The lowest BCUT2D eigenvalue weighted by Gasteiger charge is -2.11. The van der Waals surface area contributed by atoms with Crippen molar-refractivity contribution >= 4 is 16.9 Å². The largest absolute Gasteiger partial charge is 0.465 e. The van der Waals surface area contributed by atoms with Crippen molar-refractivity contribution in [1.29, 1.82) is 0 Å². The van der Waals surface area contributed by atoms with Crippen molar-refractivity contribution in [2.75, 3.05) is 7.11 Å². The molecule has 0 aliphatic heterocycles. The minimum absolute atomic E-state index is 0.241. The van der Waals surface area contributed by atoms with Gasteiger partial charge in [0, 0.05) is 17.1 Å². The normalized spacial score (nSPS) is 10.8. The van der Waals surface area contributed by atoms with E-state index in [1.165, 1.54) is 11.8 Å². The molecule has 0 unspecified atom stereocenters. The van der Waals surface area contributed by atoms with Gasteiger partial charge in [0.05, 0.1) is 19.2 Å². The van der Waals surface area contributed by atoms with Gasteiger partial charge in [-0.15, -0.1) is 0 Å². The summed E-state index contributed by atoms with van der Waals surface area (Å²) in [6.45, 7) is 0.347. The summed E-state index contributed by atoms with van der Waals surface area (Å²) in [4.78, 5) is 28.8. The van der Waals surface area contributed by atoms with E-state index in [0.717, 1.165) is 11.1 Å². The molecule has 6 heteroatoms. The summed E-state index contributed by atoms with van der Waals surface area (Å²) in [6, 6.07) is 20.2. The van der Waals surface area contributed by atoms with Crippen LogP contribution in [0.15, 0.2) is 77.7 Å². The molecule has 28 heavy (non-hydrogen) atoms. The van der Waals surface area contributed by atoms with Crippen LogP contribution in [0.5, 0.6) is 0 Å². The van der Waals surface area contributed by atoms with Crippen molar-refractivity contribution in [3.63, 3.8) is 0 Å². The Kier molecular flexibility index (Phi) is 4.68. The lowest BCUT2D eigenvalue weighted by atomic mass is 10.1. The van der Waals surface area contributed by atoms with Crippen molar-refractivity contribution < 1.29 is 9.53 Å². The third-order valence-corrected chi connectivity index (χ3v) is 4.48. The Morgan fingerprint density at radius 2 is 1.75 bits per heavy atom. The van der Waals surface area contributed by atoms with Crippen LogP contribution in [0, 0.1) is 0 Å². The second-order valence-corrected chi connectivity index (χ2v) is 6.27. The first kappa shape index (κ1) is 17.6. The molecule has 0 N–H and O–H groups in total. The standard InChI is InChI=1S/C22H17N3O3/c1-28-22(27)17-11-9-16(10-12-17)19-18-8-5-13-23-20(18)21(26)25(24-19)14-15-6-3-2-4-7-15/h2-13H,14H2,1H3. The van der Waals surface area contributed by atoms with Gasteiger partial charge in [0.1, 0.15) is 11.2 Å². The number of rotatable bonds is 4. The molecule has 0 aliphatic rings. The average Bonchev–Trinajstić information content (AvgIpc) is 2.76. The summed E-state index contributed by atoms with van der Waals surface area (Å²) < 4.78 is 6.17. The number of fused-ring (bicyclic) bond motifs is 1. The van der Waals surface area contributed by atoms with Gasteiger partial charge in [0.2, 0.25) is 0 Å². The van der Waals surface area contributed by atoms with Crippen LogP contribution in [0.3, 0.4) is 0 Å². The zero-order chi connectivity index (χ0) is 19.5. The predicted octanol–water partition coefficient (Wildman–Crippen LogP) is 3.29. The summed E-state index contributed by atoms with van der Waals surface area (Å²) >= 11 is 0. The van der Waals surface area contributed by atoms with Crippen molar-refractivity contribution in [3.05, 3.63) is 94.4 Å². The second kappa shape index (κ2) is 7.44. The minimum atomic E-state index is -0.403. The van der Waals surface area contributed by atoms with Crippen molar-refractivity contribution in [2.45, 2.75) is 6.54 Å². The van der Waals surface area contributed by atoms with E-state index in [4.69, 9.17) is 4.74 Å². The van der Waals surface area contributed by atoms with Crippen LogP contribution in [0.25, 0.3) is 22.2 Å². The second-order valence-electron chi connectivity index (χ2n) is 6.27. The highest BCUT2D eigenvalue weighted by atomic mass is 16.5. The van der Waals surface area contributed by atoms with E-state index in [1.807, 2.05) is 36.4 Å². The van der Waals surface area contributed by atoms with Crippen LogP contribution in [0.1, 0.15) is 15.9 Å². The van der Waals surface area contributed by atoms with E-state index in [0.29, 0.717) is 28.7 Å². The molecule has 2 aromatic heterocycles. The first-order valence-corrected chi connectivity index (χ1v) is 8.76. The molecule has 138 valence electrons. The van der Waals surface area contributed by atoms with E-state index in [2.05, 4.69) is 10.1 Å². The molecule has 4 aromatic rings. The van der Waals surface area contributed by atoms with E-state index < -0.39 is 5.97 Å². The fraction of sp³-hybridized carbons (Fsp3) is 0.0909. The molecule has 2 aromatic carbocycles. The highest BCUT2D eigenvalue weighted by Crippen LogP contribution is 2.24. The first-order valence-electron chi connectivity index (χ1n) is 8.76. The molecule has 4 rings (SSSR count). The van der Waals surface area contributed by atoms with Crippen LogP contribution in [0.2, 0.25) is 0 Å². The molecule has 0 saturated carbocycles. The Morgan fingerprint density at radius 1 is 1.00 bits per heavy atom. The van der Waals surface area contributed by atoms with E-state index >= 15 is 0 Å². The summed E-state index contributed by atoms with van der Waals surface area (Å²) in [5.41, 5.74) is 2.96. The number of hydrogen-bond donors (Lipinski definition) is 0. The van der Waals surface area contributed by atoms with Gasteiger partial charge >= 0.3 is 5.97 Å².